The zero-order chi connectivity index (χ0) is 14.5. The number of hydrogen-bond donors (Lipinski definition) is 0. The largest absolute Gasteiger partial charge is 0.465 e. The molecule has 0 atom stereocenters. The van der Waals surface area contributed by atoms with Crippen LogP contribution in [0.25, 0.3) is 0 Å². The number of esters is 2. The molecule has 0 saturated carbocycles. The van der Waals surface area contributed by atoms with Crippen LogP contribution in [0.1, 0.15) is 29.4 Å². The van der Waals surface area contributed by atoms with E-state index < -0.39 is 17.4 Å². The van der Waals surface area contributed by atoms with E-state index in [4.69, 9.17) is 12.2 Å². The predicted molar refractivity (Wildman–Crippen MR) is 63.2 cm³/mol. The van der Waals surface area contributed by atoms with Crippen LogP contribution < -0.4 is 0 Å². The average Bonchev–Trinajstić information content (AvgIpc) is 2.85. The van der Waals surface area contributed by atoms with Gasteiger partial charge in [0.1, 0.15) is 0 Å². The Bertz CT molecular complexity index is 408. The average molecular weight is 240 g/mol. The molecule has 1 aliphatic carbocycles. The van der Waals surface area contributed by atoms with Gasteiger partial charge in [0, 0.05) is 0 Å². The number of rotatable bonds is 5. The lowest BCUT2D eigenvalue weighted by Gasteiger charge is -2.24. The molecule has 0 radical (unpaired) electrons. The number of hydrogen-bond acceptors (Lipinski definition) is 4. The Labute approximate surface area is 104 Å². The van der Waals surface area contributed by atoms with Gasteiger partial charge in [0.15, 0.2) is 5.41 Å². The molecule has 0 heterocycles. The summed E-state index contributed by atoms with van der Waals surface area (Å²) in [6.07, 6.45) is 1.83. The molecular formula is C13H18O4. The van der Waals surface area contributed by atoms with E-state index in [1.165, 1.54) is 0 Å². The number of allylic oxidation sites excluding steroid dienone is 3. The van der Waals surface area contributed by atoms with Crippen molar-refractivity contribution in [3.63, 3.8) is 0 Å². The highest BCUT2D eigenvalue weighted by atomic mass is 16.6. The topological polar surface area (TPSA) is 52.6 Å². The minimum absolute atomic E-state index is 0.00419. The van der Waals surface area contributed by atoms with Gasteiger partial charge in [-0.05, 0) is 26.7 Å². The Morgan fingerprint density at radius 1 is 1.53 bits per heavy atom. The van der Waals surface area contributed by atoms with Gasteiger partial charge >= 0.3 is 11.9 Å². The first-order valence-corrected chi connectivity index (χ1v) is 5.60. The second-order valence-corrected chi connectivity index (χ2v) is 3.78. The SMILES string of the molecule is [2H]C=C([2H])C1=CCC(C(=O)OCC)(C(=O)OCC)C1. The van der Waals surface area contributed by atoms with Gasteiger partial charge in [-0.3, -0.25) is 9.59 Å². The maximum Gasteiger partial charge on any atom is 0.324 e. The molecule has 4 nitrogen and oxygen atoms in total. The molecule has 4 heteroatoms. The predicted octanol–water partition coefficient (Wildman–Crippen LogP) is 2.01. The minimum atomic E-state index is -1.39. The van der Waals surface area contributed by atoms with Gasteiger partial charge in [0.05, 0.1) is 16.0 Å². The lowest BCUT2D eigenvalue weighted by molar-refractivity contribution is -0.171. The van der Waals surface area contributed by atoms with Crippen molar-refractivity contribution in [2.45, 2.75) is 26.7 Å². The summed E-state index contributed by atoms with van der Waals surface area (Å²) >= 11 is 0. The standard InChI is InChI=1S/C13H18O4/c1-4-10-7-8-13(9-10,11(14)16-5-2)12(15)17-6-3/h4,7H,1,5-6,8-9H2,2-3H3/i1D,4D. The molecule has 0 aromatic heterocycles. The van der Waals surface area contributed by atoms with Gasteiger partial charge in [-0.25, -0.2) is 0 Å². The lowest BCUT2D eigenvalue weighted by Crippen LogP contribution is -2.40. The fourth-order valence-electron chi connectivity index (χ4n) is 1.81. The molecule has 0 fully saturated rings. The summed E-state index contributed by atoms with van der Waals surface area (Å²) in [7, 11) is 0. The number of ether oxygens (including phenoxy) is 2. The molecule has 1 rings (SSSR count). The van der Waals surface area contributed by atoms with Crippen molar-refractivity contribution in [2.75, 3.05) is 13.2 Å². The zero-order valence-corrected chi connectivity index (χ0v) is 10.1. The van der Waals surface area contributed by atoms with Gasteiger partial charge in [-0.1, -0.05) is 24.3 Å². The normalized spacial score (nSPS) is 20.1. The molecule has 1 aliphatic rings. The van der Waals surface area contributed by atoms with Gasteiger partial charge < -0.3 is 9.47 Å². The summed E-state index contributed by atoms with van der Waals surface area (Å²) < 4.78 is 24.6. The maximum absolute atomic E-state index is 12.1. The van der Waals surface area contributed by atoms with E-state index in [1.54, 1.807) is 19.9 Å². The number of carbonyl (C=O) groups excluding carboxylic acids is 2. The quantitative estimate of drug-likeness (QED) is 0.545. The zero-order valence-electron chi connectivity index (χ0n) is 12.1. The second-order valence-electron chi connectivity index (χ2n) is 3.78. The van der Waals surface area contributed by atoms with Gasteiger partial charge in [-0.15, -0.1) is 0 Å². The molecule has 94 valence electrons. The summed E-state index contributed by atoms with van der Waals surface area (Å²) in [6, 6.07) is -0.00419. The Balaban J connectivity index is 2.99. The first-order valence-electron chi connectivity index (χ1n) is 6.68. The van der Waals surface area contributed by atoms with E-state index in [1.807, 2.05) is 0 Å². The van der Waals surface area contributed by atoms with Crippen molar-refractivity contribution in [3.05, 3.63) is 24.3 Å². The van der Waals surface area contributed by atoms with Crippen LogP contribution in [0.2, 0.25) is 0 Å². The summed E-state index contributed by atoms with van der Waals surface area (Å²) in [5.74, 6) is -1.25. The van der Waals surface area contributed by atoms with Crippen molar-refractivity contribution in [3.8, 4) is 0 Å². The summed E-state index contributed by atoms with van der Waals surface area (Å²) in [6.45, 7) is 4.58. The lowest BCUT2D eigenvalue weighted by atomic mass is 9.84. The molecule has 0 aliphatic heterocycles. The molecule has 17 heavy (non-hydrogen) atoms. The van der Waals surface area contributed by atoms with Crippen molar-refractivity contribution >= 4 is 11.9 Å². The number of carbonyl (C=O) groups is 2. The first-order chi connectivity index (χ1) is 9.01. The minimum Gasteiger partial charge on any atom is -0.465 e. The maximum atomic E-state index is 12.1. The highest BCUT2D eigenvalue weighted by Crippen LogP contribution is 2.40. The summed E-state index contributed by atoms with van der Waals surface area (Å²) in [5, 5.41) is 0. The van der Waals surface area contributed by atoms with Crippen LogP contribution in [0, 0.1) is 5.41 Å². The molecule has 0 saturated heterocycles. The Morgan fingerprint density at radius 2 is 2.12 bits per heavy atom. The van der Waals surface area contributed by atoms with Gasteiger partial charge in [0.25, 0.3) is 0 Å². The van der Waals surface area contributed by atoms with Gasteiger partial charge in [-0.2, -0.15) is 0 Å². The highest BCUT2D eigenvalue weighted by molar-refractivity contribution is 6.01. The third kappa shape index (κ3) is 2.57. The monoisotopic (exact) mass is 240 g/mol. The van der Waals surface area contributed by atoms with E-state index in [-0.39, 0.29) is 32.1 Å². The Morgan fingerprint density at radius 3 is 2.59 bits per heavy atom. The van der Waals surface area contributed by atoms with E-state index >= 15 is 0 Å². The molecule has 0 aromatic carbocycles. The highest BCUT2D eigenvalue weighted by Gasteiger charge is 2.50. The van der Waals surface area contributed by atoms with Crippen LogP contribution in [-0.4, -0.2) is 25.2 Å². The van der Waals surface area contributed by atoms with Crippen LogP contribution in [-0.2, 0) is 19.1 Å². The van der Waals surface area contributed by atoms with Crippen molar-refractivity contribution < 1.29 is 21.8 Å². The van der Waals surface area contributed by atoms with Crippen LogP contribution in [0.4, 0.5) is 0 Å². The molecule has 0 amide bonds. The van der Waals surface area contributed by atoms with E-state index in [9.17, 15) is 9.59 Å². The molecule has 0 unspecified atom stereocenters. The fraction of sp³-hybridized carbons (Fsp3) is 0.538. The van der Waals surface area contributed by atoms with Crippen molar-refractivity contribution in [1.82, 2.24) is 0 Å². The first kappa shape index (κ1) is 10.6. The summed E-state index contributed by atoms with van der Waals surface area (Å²) in [5.41, 5.74) is -0.896. The molecule has 0 bridgehead atoms. The second kappa shape index (κ2) is 5.66. The van der Waals surface area contributed by atoms with Gasteiger partial charge in [0.2, 0.25) is 0 Å². The van der Waals surface area contributed by atoms with E-state index in [0.717, 1.165) is 6.55 Å². The van der Waals surface area contributed by atoms with Crippen LogP contribution in [0.3, 0.4) is 0 Å². The van der Waals surface area contributed by atoms with Crippen LogP contribution in [0.5, 0.6) is 0 Å². The Kier molecular flexibility index (Phi) is 3.52. The van der Waals surface area contributed by atoms with Crippen molar-refractivity contribution in [1.29, 1.82) is 0 Å². The smallest absolute Gasteiger partial charge is 0.324 e. The van der Waals surface area contributed by atoms with Crippen molar-refractivity contribution in [2.24, 2.45) is 5.41 Å². The Hall–Kier alpha value is -1.58. The molecular weight excluding hydrogens is 220 g/mol. The molecule has 0 spiro atoms. The summed E-state index contributed by atoms with van der Waals surface area (Å²) in [4.78, 5) is 24.1. The molecule has 0 N–H and O–H groups in total. The van der Waals surface area contributed by atoms with Crippen LogP contribution in [0.15, 0.2) is 24.3 Å². The third-order valence-electron chi connectivity index (χ3n) is 2.71. The third-order valence-corrected chi connectivity index (χ3v) is 2.71. The molecule has 0 aromatic rings. The van der Waals surface area contributed by atoms with E-state index in [0.29, 0.717) is 5.57 Å². The van der Waals surface area contributed by atoms with Crippen LogP contribution >= 0.6 is 0 Å². The fourth-order valence-corrected chi connectivity index (χ4v) is 1.81. The van der Waals surface area contributed by atoms with E-state index in [2.05, 4.69) is 0 Å².